The van der Waals surface area contributed by atoms with Crippen molar-refractivity contribution in [1.82, 2.24) is 15.2 Å². The van der Waals surface area contributed by atoms with E-state index in [-0.39, 0.29) is 33.2 Å². The molecule has 10 heavy (non-hydrogen) atoms. The van der Waals surface area contributed by atoms with Crippen LogP contribution < -0.4 is 5.43 Å². The van der Waals surface area contributed by atoms with E-state index in [1.165, 1.54) is 6.33 Å². The number of rotatable bonds is 2. The van der Waals surface area contributed by atoms with E-state index in [0.717, 1.165) is 0 Å². The van der Waals surface area contributed by atoms with E-state index in [0.29, 0.717) is 0 Å². The minimum absolute atomic E-state index is 0. The van der Waals surface area contributed by atoms with Gasteiger partial charge in [0.25, 0.3) is 0 Å². The molecule has 0 spiro atoms. The Kier molecular flexibility index (Phi) is 3.83. The molecule has 7 nitrogen and oxygen atoms in total. The van der Waals surface area contributed by atoms with Gasteiger partial charge in [-0.2, -0.15) is 4.98 Å². The molecule has 1 aromatic heterocycles. The van der Waals surface area contributed by atoms with Gasteiger partial charge in [0.1, 0.15) is 6.33 Å². The monoisotopic (exact) mass is 339 g/mol. The molecule has 1 aromatic rings. The van der Waals surface area contributed by atoms with Crippen LogP contribution in [0.5, 0.6) is 0 Å². The third-order valence-corrected chi connectivity index (χ3v) is 0.606. The average molecular weight is 338 g/mol. The molecule has 2 radical (unpaired) electrons. The van der Waals surface area contributed by atoms with Gasteiger partial charge in [-0.05, 0) is 0 Å². The van der Waals surface area contributed by atoms with E-state index in [1.54, 1.807) is 5.43 Å². The molecular formula is C2H5N5O2Pb. The van der Waals surface area contributed by atoms with Crippen LogP contribution in [0.4, 0.5) is 5.95 Å². The Balaban J connectivity index is 0.000000810. The molecule has 0 aliphatic carbocycles. The first-order valence-corrected chi connectivity index (χ1v) is 2.06. The number of H-pyrrole nitrogens is 1. The summed E-state index contributed by atoms with van der Waals surface area (Å²) in [5, 5.41) is 14.6. The van der Waals surface area contributed by atoms with Crippen molar-refractivity contribution < 1.29 is 5.03 Å². The summed E-state index contributed by atoms with van der Waals surface area (Å²) >= 11 is 0. The van der Waals surface area contributed by atoms with Crippen molar-refractivity contribution in [2.75, 3.05) is 5.43 Å². The Morgan fingerprint density at radius 2 is 2.50 bits per heavy atom. The van der Waals surface area contributed by atoms with Crippen molar-refractivity contribution in [3.63, 3.8) is 0 Å². The third-order valence-electron chi connectivity index (χ3n) is 0.606. The predicted octanol–water partition coefficient (Wildman–Crippen LogP) is -1.51. The van der Waals surface area contributed by atoms with Gasteiger partial charge < -0.3 is 0 Å². The topological polar surface area (TPSA) is 96.7 Å². The number of hydrazine groups is 1. The summed E-state index contributed by atoms with van der Waals surface area (Å²) in [6, 6.07) is 0. The fraction of sp³-hybridized carbons (Fsp3) is 0. The van der Waals surface area contributed by atoms with Crippen LogP contribution >= 0.6 is 0 Å². The van der Waals surface area contributed by atoms with Gasteiger partial charge in [-0.3, -0.25) is 5.10 Å². The van der Waals surface area contributed by atoms with Crippen LogP contribution in [0, 0.1) is 10.1 Å². The van der Waals surface area contributed by atoms with Crippen molar-refractivity contribution in [2.45, 2.75) is 0 Å². The number of hydrogen-bond acceptors (Lipinski definition) is 4. The van der Waals surface area contributed by atoms with Gasteiger partial charge in [-0.1, -0.05) is 5.43 Å². The van der Waals surface area contributed by atoms with E-state index in [9.17, 15) is 10.1 Å². The van der Waals surface area contributed by atoms with E-state index < -0.39 is 5.03 Å². The minimum atomic E-state index is -0.733. The Labute approximate surface area is 75.5 Å². The second kappa shape index (κ2) is 4.14. The molecule has 0 saturated carbocycles. The maximum atomic E-state index is 9.67. The molecule has 0 aliphatic heterocycles. The molecule has 54 valence electrons. The SMILES string of the molecule is O=[N+]([O-])Nc1nc[nH]n1.[PbH2]. The molecule has 0 fully saturated rings. The standard InChI is InChI=1S/C2H3N5O2.Pb.2H/c8-7(9)6-2-3-1-4-5-2;;;/h1H,(H2,3,4,5,6);;;. The molecule has 1 heterocycles. The zero-order chi connectivity index (χ0) is 6.69. The fourth-order valence-electron chi connectivity index (χ4n) is 0.344. The summed E-state index contributed by atoms with van der Waals surface area (Å²) in [4.78, 5) is 13.1. The number of nitrogens with zero attached hydrogens (tertiary/aromatic N) is 3. The summed E-state index contributed by atoms with van der Waals surface area (Å²) < 4.78 is 0. The summed E-state index contributed by atoms with van der Waals surface area (Å²) in [5.74, 6) is -0.0417. The maximum absolute atomic E-state index is 9.67. The molecule has 0 aromatic carbocycles. The van der Waals surface area contributed by atoms with Gasteiger partial charge in [0.05, 0.1) is 0 Å². The molecule has 0 bridgehead atoms. The number of aromatic amines is 1. The molecule has 1 rings (SSSR count). The van der Waals surface area contributed by atoms with Crippen LogP contribution in [0.25, 0.3) is 0 Å². The third kappa shape index (κ3) is 2.70. The first kappa shape index (κ1) is 9.26. The zero-order valence-electron chi connectivity index (χ0n) is 4.94. The Morgan fingerprint density at radius 3 is 2.90 bits per heavy atom. The van der Waals surface area contributed by atoms with Gasteiger partial charge in [-0.15, -0.1) is 5.10 Å². The van der Waals surface area contributed by atoms with Gasteiger partial charge in [-0.25, -0.2) is 10.1 Å². The second-order valence-corrected chi connectivity index (χ2v) is 1.19. The number of nitro groups is 1. The molecule has 0 unspecified atom stereocenters. The molecule has 0 saturated heterocycles. The van der Waals surface area contributed by atoms with Crippen molar-refractivity contribution in [3.8, 4) is 0 Å². The van der Waals surface area contributed by atoms with Crippen LogP contribution in [0.15, 0.2) is 6.33 Å². The van der Waals surface area contributed by atoms with E-state index in [2.05, 4.69) is 15.2 Å². The van der Waals surface area contributed by atoms with Crippen molar-refractivity contribution in [3.05, 3.63) is 16.4 Å². The molecular weight excluding hydrogens is 333 g/mol. The van der Waals surface area contributed by atoms with Crippen molar-refractivity contribution in [2.24, 2.45) is 0 Å². The van der Waals surface area contributed by atoms with Crippen LogP contribution in [0.1, 0.15) is 0 Å². The van der Waals surface area contributed by atoms with E-state index in [1.807, 2.05) is 0 Å². The predicted molar refractivity (Wildman–Crippen MR) is 35.5 cm³/mol. The first-order valence-electron chi connectivity index (χ1n) is 2.06. The van der Waals surface area contributed by atoms with Gasteiger partial charge in [0.15, 0.2) is 5.03 Å². The molecule has 0 amide bonds. The second-order valence-electron chi connectivity index (χ2n) is 1.19. The summed E-state index contributed by atoms with van der Waals surface area (Å²) in [6.45, 7) is 0. The fourth-order valence-corrected chi connectivity index (χ4v) is 0.344. The summed E-state index contributed by atoms with van der Waals surface area (Å²) in [6.07, 6.45) is 1.24. The number of nitrogens with one attached hydrogen (secondary N) is 2. The molecule has 8 heteroatoms. The quantitative estimate of drug-likeness (QED) is 0.388. The molecule has 2 N–H and O–H groups in total. The molecule has 0 atom stereocenters. The van der Waals surface area contributed by atoms with E-state index >= 15 is 0 Å². The normalized spacial score (nSPS) is 8.00. The average Bonchev–Trinajstić information content (AvgIpc) is 2.15. The van der Waals surface area contributed by atoms with Gasteiger partial charge >= 0.3 is 33.2 Å². The van der Waals surface area contributed by atoms with Crippen molar-refractivity contribution in [1.29, 1.82) is 0 Å². The van der Waals surface area contributed by atoms with Crippen LogP contribution in [0.2, 0.25) is 0 Å². The first-order chi connectivity index (χ1) is 4.29. The van der Waals surface area contributed by atoms with Crippen LogP contribution in [-0.2, 0) is 0 Å². The summed E-state index contributed by atoms with van der Waals surface area (Å²) in [5.41, 5.74) is 1.75. The van der Waals surface area contributed by atoms with Gasteiger partial charge in [0.2, 0.25) is 0 Å². The number of anilines is 1. The zero-order valence-corrected chi connectivity index (χ0v) is 10.4. The van der Waals surface area contributed by atoms with Crippen LogP contribution in [-0.4, -0.2) is 47.5 Å². The van der Waals surface area contributed by atoms with Gasteiger partial charge in [0, 0.05) is 0 Å². The Hall–Kier alpha value is -0.738. The van der Waals surface area contributed by atoms with Crippen LogP contribution in [0.3, 0.4) is 0 Å². The summed E-state index contributed by atoms with van der Waals surface area (Å²) in [7, 11) is 0. The number of aromatic nitrogens is 3. The van der Waals surface area contributed by atoms with Crippen molar-refractivity contribution >= 4 is 33.2 Å². The van der Waals surface area contributed by atoms with E-state index in [4.69, 9.17) is 0 Å². The Morgan fingerprint density at radius 1 is 1.80 bits per heavy atom. The number of hydrogen-bond donors (Lipinski definition) is 2. The Bertz CT molecular complexity index is 197. The molecule has 0 aliphatic rings.